The topological polar surface area (TPSA) is 40.6 Å². The van der Waals surface area contributed by atoms with E-state index in [1.54, 1.807) is 12.4 Å². The second-order valence-corrected chi connectivity index (χ2v) is 9.18. The fourth-order valence-electron chi connectivity index (χ4n) is 6.22. The van der Waals surface area contributed by atoms with E-state index < -0.39 is 0 Å². The van der Waals surface area contributed by atoms with E-state index in [-0.39, 0.29) is 17.1 Å². The molecule has 0 spiro atoms. The molecule has 0 bridgehead atoms. The molecular weight excluding hydrogens is 338 g/mol. The molecule has 1 aliphatic heterocycles. The van der Waals surface area contributed by atoms with Crippen LogP contribution in [0.2, 0.25) is 0 Å². The van der Waals surface area contributed by atoms with Crippen LogP contribution in [0, 0.1) is 22.7 Å². The monoisotopic (exact) mass is 371 g/mol. The lowest BCUT2D eigenvalue weighted by atomic mass is 9.46. The van der Waals surface area contributed by atoms with Gasteiger partial charge in [-0.2, -0.15) is 0 Å². The summed E-state index contributed by atoms with van der Waals surface area (Å²) in [5, 5.41) is 0. The molecule has 148 valence electrons. The Balaban J connectivity index is 1.50. The first kappa shape index (κ1) is 18.9. The summed E-state index contributed by atoms with van der Waals surface area (Å²) in [4.78, 5) is 4.05. The molecule has 0 amide bonds. The van der Waals surface area contributed by atoms with Crippen LogP contribution in [0.5, 0.6) is 5.75 Å². The van der Waals surface area contributed by atoms with Gasteiger partial charge in [0.25, 0.3) is 0 Å². The number of hydrogen-bond donors (Lipinski definition) is 0. The van der Waals surface area contributed by atoms with Gasteiger partial charge in [0.2, 0.25) is 0 Å². The first-order valence-electron chi connectivity index (χ1n) is 10.4. The molecule has 1 saturated heterocycles. The number of allylic oxidation sites excluding steroid dienone is 1. The van der Waals surface area contributed by atoms with Gasteiger partial charge in [-0.25, -0.2) is 0 Å². The standard InChI is InChI=1S/C23H33NO3/c1-16-5-6-20-22(3,11-7-21-23(20,4)15-26-17(2)27-21)19(16)10-14-25-18-8-12-24-13-9-18/h8-9,12-13,17,19-21H,1,5-7,10-11,14-15H2,2-4H3/t17-,19-,20?,21-,22+,23+/m1/s1. The Hall–Kier alpha value is -1.39. The van der Waals surface area contributed by atoms with Crippen LogP contribution in [0.1, 0.15) is 52.9 Å². The van der Waals surface area contributed by atoms with Crippen molar-refractivity contribution in [2.24, 2.45) is 22.7 Å². The van der Waals surface area contributed by atoms with Crippen molar-refractivity contribution in [1.82, 2.24) is 4.98 Å². The molecule has 6 atom stereocenters. The second kappa shape index (κ2) is 7.21. The predicted octanol–water partition coefficient (Wildman–Crippen LogP) is 5.00. The molecule has 0 N–H and O–H groups in total. The zero-order valence-corrected chi connectivity index (χ0v) is 16.9. The van der Waals surface area contributed by atoms with Crippen LogP contribution in [0.15, 0.2) is 36.7 Å². The number of rotatable bonds is 4. The molecule has 2 saturated carbocycles. The van der Waals surface area contributed by atoms with Crippen molar-refractivity contribution < 1.29 is 14.2 Å². The number of fused-ring (bicyclic) bond motifs is 3. The molecule has 3 fully saturated rings. The highest BCUT2D eigenvalue weighted by Crippen LogP contribution is 2.63. The lowest BCUT2D eigenvalue weighted by Gasteiger charge is -2.62. The van der Waals surface area contributed by atoms with Crippen molar-refractivity contribution in [3.8, 4) is 5.75 Å². The van der Waals surface area contributed by atoms with E-state index >= 15 is 0 Å². The molecule has 1 aromatic heterocycles. The minimum Gasteiger partial charge on any atom is -0.493 e. The Labute approximate surface area is 163 Å². The molecule has 4 rings (SSSR count). The fourth-order valence-corrected chi connectivity index (χ4v) is 6.22. The Bertz CT molecular complexity index is 677. The van der Waals surface area contributed by atoms with Crippen molar-refractivity contribution >= 4 is 0 Å². The lowest BCUT2D eigenvalue weighted by Crippen LogP contribution is -2.61. The van der Waals surface area contributed by atoms with Crippen LogP contribution >= 0.6 is 0 Å². The van der Waals surface area contributed by atoms with E-state index in [4.69, 9.17) is 14.2 Å². The number of nitrogens with zero attached hydrogens (tertiary/aromatic N) is 1. The largest absolute Gasteiger partial charge is 0.493 e. The number of hydrogen-bond acceptors (Lipinski definition) is 4. The van der Waals surface area contributed by atoms with Gasteiger partial charge >= 0.3 is 0 Å². The quantitative estimate of drug-likeness (QED) is 0.698. The van der Waals surface area contributed by atoms with Gasteiger partial charge in [0.1, 0.15) is 5.75 Å². The molecule has 4 heteroatoms. The molecule has 0 radical (unpaired) electrons. The maximum absolute atomic E-state index is 6.21. The average Bonchev–Trinajstić information content (AvgIpc) is 2.65. The van der Waals surface area contributed by atoms with E-state index in [1.165, 1.54) is 18.4 Å². The number of aromatic nitrogens is 1. The SMILES string of the molecule is C=C1CCC2[C@]3(C)CO[C@@H](C)O[C@@H]3CC[C@@]2(C)[C@@H]1CCOc1ccncc1. The first-order valence-corrected chi connectivity index (χ1v) is 10.4. The fraction of sp³-hybridized carbons (Fsp3) is 0.696. The van der Waals surface area contributed by atoms with Gasteiger partial charge in [0.05, 0.1) is 19.3 Å². The van der Waals surface area contributed by atoms with E-state index in [9.17, 15) is 0 Å². The highest BCUT2D eigenvalue weighted by Gasteiger charge is 2.59. The van der Waals surface area contributed by atoms with Gasteiger partial charge in [0, 0.05) is 17.8 Å². The molecular formula is C23H33NO3. The van der Waals surface area contributed by atoms with E-state index in [0.29, 0.717) is 17.9 Å². The third-order valence-corrected chi connectivity index (χ3v) is 7.63. The van der Waals surface area contributed by atoms with Gasteiger partial charge in [-0.05, 0) is 68.4 Å². The summed E-state index contributed by atoms with van der Waals surface area (Å²) in [6.07, 6.45) is 9.44. The maximum atomic E-state index is 6.21. The van der Waals surface area contributed by atoms with Crippen LogP contribution in [0.25, 0.3) is 0 Å². The summed E-state index contributed by atoms with van der Waals surface area (Å²) in [6, 6.07) is 3.84. The second-order valence-electron chi connectivity index (χ2n) is 9.18. The normalized spacial score (nSPS) is 41.5. The maximum Gasteiger partial charge on any atom is 0.155 e. The van der Waals surface area contributed by atoms with Crippen LogP contribution in [-0.2, 0) is 9.47 Å². The first-order chi connectivity index (χ1) is 12.9. The van der Waals surface area contributed by atoms with Crippen molar-refractivity contribution in [3.05, 3.63) is 36.7 Å². The van der Waals surface area contributed by atoms with Crippen molar-refractivity contribution in [2.75, 3.05) is 13.2 Å². The zero-order chi connectivity index (χ0) is 19.1. The minimum atomic E-state index is -0.0736. The minimum absolute atomic E-state index is 0.0736. The van der Waals surface area contributed by atoms with Gasteiger partial charge in [-0.3, -0.25) is 4.98 Å². The van der Waals surface area contributed by atoms with Crippen LogP contribution < -0.4 is 4.74 Å². The van der Waals surface area contributed by atoms with Crippen LogP contribution in [-0.4, -0.2) is 30.6 Å². The van der Waals surface area contributed by atoms with Gasteiger partial charge in [-0.1, -0.05) is 26.0 Å². The van der Waals surface area contributed by atoms with E-state index in [0.717, 1.165) is 38.2 Å². The molecule has 2 heterocycles. The smallest absolute Gasteiger partial charge is 0.155 e. The summed E-state index contributed by atoms with van der Waals surface area (Å²) >= 11 is 0. The Morgan fingerprint density at radius 3 is 2.78 bits per heavy atom. The third kappa shape index (κ3) is 3.31. The van der Waals surface area contributed by atoms with E-state index in [2.05, 4.69) is 25.4 Å². The van der Waals surface area contributed by atoms with Crippen LogP contribution in [0.3, 0.4) is 0 Å². The lowest BCUT2D eigenvalue weighted by molar-refractivity contribution is -0.297. The summed E-state index contributed by atoms with van der Waals surface area (Å²) < 4.78 is 18.2. The molecule has 27 heavy (non-hydrogen) atoms. The van der Waals surface area contributed by atoms with Crippen molar-refractivity contribution in [3.63, 3.8) is 0 Å². The molecule has 1 unspecified atom stereocenters. The molecule has 0 aromatic carbocycles. The van der Waals surface area contributed by atoms with Crippen molar-refractivity contribution in [1.29, 1.82) is 0 Å². The average molecular weight is 372 g/mol. The highest BCUT2D eigenvalue weighted by atomic mass is 16.7. The Morgan fingerprint density at radius 1 is 1.22 bits per heavy atom. The Morgan fingerprint density at radius 2 is 2.00 bits per heavy atom. The summed E-state index contributed by atoms with van der Waals surface area (Å²) in [6.45, 7) is 12.9. The Kier molecular flexibility index (Phi) is 5.06. The molecule has 1 aromatic rings. The van der Waals surface area contributed by atoms with Crippen molar-refractivity contribution in [2.45, 2.75) is 65.3 Å². The van der Waals surface area contributed by atoms with Gasteiger partial charge < -0.3 is 14.2 Å². The third-order valence-electron chi connectivity index (χ3n) is 7.63. The molecule has 4 nitrogen and oxygen atoms in total. The summed E-state index contributed by atoms with van der Waals surface area (Å²) in [5.74, 6) is 2.00. The molecule has 2 aliphatic carbocycles. The zero-order valence-electron chi connectivity index (χ0n) is 16.9. The number of ether oxygens (including phenoxy) is 3. The summed E-state index contributed by atoms with van der Waals surface area (Å²) in [5.41, 5.74) is 1.75. The van der Waals surface area contributed by atoms with Gasteiger partial charge in [0.15, 0.2) is 6.29 Å². The highest BCUT2D eigenvalue weighted by molar-refractivity contribution is 5.19. The number of pyridine rings is 1. The summed E-state index contributed by atoms with van der Waals surface area (Å²) in [7, 11) is 0. The van der Waals surface area contributed by atoms with E-state index in [1.807, 2.05) is 19.1 Å². The van der Waals surface area contributed by atoms with Crippen LogP contribution in [0.4, 0.5) is 0 Å². The molecule has 3 aliphatic rings. The van der Waals surface area contributed by atoms with Gasteiger partial charge in [-0.15, -0.1) is 0 Å². The predicted molar refractivity (Wildman–Crippen MR) is 105 cm³/mol.